The number of nitrogens with one attached hydrogen (secondary N) is 2. The zero-order chi connectivity index (χ0) is 19.1. The second-order valence-corrected chi connectivity index (χ2v) is 8.55. The summed E-state index contributed by atoms with van der Waals surface area (Å²) < 4.78 is 22.9. The molecule has 1 aromatic carbocycles. The first kappa shape index (κ1) is 24.6. The number of nitrogens with zero attached hydrogens (tertiary/aromatic N) is 1. The highest BCUT2D eigenvalue weighted by atomic mass is 127. The Morgan fingerprint density at radius 1 is 1.19 bits per heavy atom. The zero-order valence-electron chi connectivity index (χ0n) is 15.7. The Hall–Kier alpha value is -1.36. The van der Waals surface area contributed by atoms with E-state index in [1.54, 1.807) is 38.1 Å². The molecule has 7 nitrogen and oxygen atoms in total. The van der Waals surface area contributed by atoms with Crippen molar-refractivity contribution in [1.29, 1.82) is 0 Å². The molecular weight excluding hydrogens is 467 g/mol. The van der Waals surface area contributed by atoms with Gasteiger partial charge in [0.2, 0.25) is 5.91 Å². The van der Waals surface area contributed by atoms with Gasteiger partial charge in [-0.05, 0) is 44.9 Å². The summed E-state index contributed by atoms with van der Waals surface area (Å²) in [5, 5.41) is 6.31. The summed E-state index contributed by atoms with van der Waals surface area (Å²) in [6.45, 7) is 7.09. The molecule has 0 aromatic heterocycles. The van der Waals surface area contributed by atoms with E-state index in [1.807, 2.05) is 6.92 Å². The molecule has 0 bridgehead atoms. The van der Waals surface area contributed by atoms with E-state index < -0.39 is 21.2 Å². The fourth-order valence-corrected chi connectivity index (χ4v) is 2.56. The van der Waals surface area contributed by atoms with Crippen LogP contribution < -0.4 is 16.4 Å². The van der Waals surface area contributed by atoms with Gasteiger partial charge in [-0.25, -0.2) is 8.42 Å². The number of halogens is 1. The Kier molecular flexibility index (Phi) is 10.1. The summed E-state index contributed by atoms with van der Waals surface area (Å²) in [5.74, 6) is 0.225. The van der Waals surface area contributed by atoms with E-state index in [1.165, 1.54) is 6.26 Å². The molecule has 9 heteroatoms. The summed E-state index contributed by atoms with van der Waals surface area (Å²) in [5.41, 5.74) is 5.67. The number of benzene rings is 1. The smallest absolute Gasteiger partial charge is 0.224 e. The molecule has 0 fully saturated rings. The number of hydrogen-bond acceptors (Lipinski definition) is 4. The van der Waals surface area contributed by atoms with E-state index in [9.17, 15) is 13.2 Å². The Bertz CT molecular complexity index is 716. The van der Waals surface area contributed by atoms with Crippen LogP contribution in [0.25, 0.3) is 0 Å². The van der Waals surface area contributed by atoms with Crippen molar-refractivity contribution >= 4 is 45.7 Å². The standard InChI is InChI=1S/C17H28N4O3S.HI/c1-5-19-16(21-12-17(2,3)15(18)22)20-11-10-13-6-8-14(9-7-13)25(4,23)24;/h6-9H,5,10-12H2,1-4H3,(H2,18,22)(H2,19,20,21);1H. The van der Waals surface area contributed by atoms with Crippen LogP contribution in [0.2, 0.25) is 0 Å². The second kappa shape index (κ2) is 10.7. The van der Waals surface area contributed by atoms with Crippen LogP contribution in [0.5, 0.6) is 0 Å². The minimum atomic E-state index is -3.17. The fourth-order valence-electron chi connectivity index (χ4n) is 1.92. The summed E-state index contributed by atoms with van der Waals surface area (Å²) in [6.07, 6.45) is 1.91. The molecule has 0 unspecified atom stereocenters. The highest BCUT2D eigenvalue weighted by molar-refractivity contribution is 14.0. The largest absolute Gasteiger partial charge is 0.369 e. The molecule has 0 heterocycles. The van der Waals surface area contributed by atoms with Gasteiger partial charge in [0.05, 0.1) is 16.9 Å². The normalized spacial score (nSPS) is 12.2. The summed E-state index contributed by atoms with van der Waals surface area (Å²) >= 11 is 0. The van der Waals surface area contributed by atoms with Gasteiger partial charge in [0.1, 0.15) is 0 Å². The van der Waals surface area contributed by atoms with Gasteiger partial charge in [-0.1, -0.05) is 12.1 Å². The molecule has 26 heavy (non-hydrogen) atoms. The van der Waals surface area contributed by atoms with Crippen molar-refractivity contribution in [2.24, 2.45) is 16.1 Å². The molecule has 4 N–H and O–H groups in total. The average molecular weight is 496 g/mol. The fraction of sp³-hybridized carbons (Fsp3) is 0.529. The van der Waals surface area contributed by atoms with Crippen LogP contribution in [0.3, 0.4) is 0 Å². The lowest BCUT2D eigenvalue weighted by Crippen LogP contribution is -2.40. The molecule has 0 spiro atoms. The molecule has 0 aliphatic carbocycles. The molecule has 0 aliphatic heterocycles. The molecule has 148 valence electrons. The summed E-state index contributed by atoms with van der Waals surface area (Å²) in [6, 6.07) is 6.83. The van der Waals surface area contributed by atoms with E-state index >= 15 is 0 Å². The summed E-state index contributed by atoms with van der Waals surface area (Å²) in [4.78, 5) is 16.1. The third-order valence-electron chi connectivity index (χ3n) is 3.70. The molecule has 0 saturated heterocycles. The Labute approximate surface area is 173 Å². The molecular formula is C17H29IN4O3S. The third kappa shape index (κ3) is 8.35. The van der Waals surface area contributed by atoms with Crippen LogP contribution in [0.15, 0.2) is 34.2 Å². The van der Waals surface area contributed by atoms with E-state index in [0.29, 0.717) is 36.9 Å². The number of amides is 1. The highest BCUT2D eigenvalue weighted by Crippen LogP contribution is 2.14. The maximum atomic E-state index is 11.5. The van der Waals surface area contributed by atoms with Crippen LogP contribution in [0.1, 0.15) is 26.3 Å². The van der Waals surface area contributed by atoms with Gasteiger partial charge in [-0.15, -0.1) is 24.0 Å². The first-order valence-corrected chi connectivity index (χ1v) is 10.1. The maximum absolute atomic E-state index is 11.5. The highest BCUT2D eigenvalue weighted by Gasteiger charge is 2.24. The van der Waals surface area contributed by atoms with Gasteiger partial charge < -0.3 is 16.4 Å². The van der Waals surface area contributed by atoms with Crippen molar-refractivity contribution in [1.82, 2.24) is 10.6 Å². The van der Waals surface area contributed by atoms with Crippen molar-refractivity contribution in [2.45, 2.75) is 32.1 Å². The summed E-state index contributed by atoms with van der Waals surface area (Å²) in [7, 11) is -3.17. The topological polar surface area (TPSA) is 114 Å². The maximum Gasteiger partial charge on any atom is 0.224 e. The number of carbonyl (C=O) groups is 1. The lowest BCUT2D eigenvalue weighted by molar-refractivity contribution is -0.125. The van der Waals surface area contributed by atoms with Gasteiger partial charge in [0.25, 0.3) is 0 Å². The van der Waals surface area contributed by atoms with Crippen LogP contribution in [-0.4, -0.2) is 46.2 Å². The van der Waals surface area contributed by atoms with E-state index in [4.69, 9.17) is 5.73 Å². The monoisotopic (exact) mass is 496 g/mol. The lowest BCUT2D eigenvalue weighted by atomic mass is 9.93. The average Bonchev–Trinajstić information content (AvgIpc) is 2.52. The van der Waals surface area contributed by atoms with Crippen LogP contribution in [0, 0.1) is 5.41 Å². The van der Waals surface area contributed by atoms with Gasteiger partial charge in [0, 0.05) is 19.3 Å². The number of carbonyl (C=O) groups excluding carboxylic acids is 1. The number of guanidine groups is 1. The first-order valence-electron chi connectivity index (χ1n) is 8.17. The number of rotatable bonds is 8. The van der Waals surface area contributed by atoms with Gasteiger partial charge >= 0.3 is 0 Å². The molecule has 1 aromatic rings. The van der Waals surface area contributed by atoms with Crippen LogP contribution in [0.4, 0.5) is 0 Å². The Balaban J connectivity index is 0.00000625. The van der Waals surface area contributed by atoms with E-state index in [-0.39, 0.29) is 24.0 Å². The van der Waals surface area contributed by atoms with Gasteiger partial charge in [-0.2, -0.15) is 0 Å². The predicted octanol–water partition coefficient (Wildman–Crippen LogP) is 1.32. The van der Waals surface area contributed by atoms with E-state index in [2.05, 4.69) is 15.6 Å². The van der Waals surface area contributed by atoms with Crippen molar-refractivity contribution in [3.05, 3.63) is 29.8 Å². The lowest BCUT2D eigenvalue weighted by Gasteiger charge is -2.19. The Morgan fingerprint density at radius 3 is 2.23 bits per heavy atom. The molecule has 0 saturated carbocycles. The van der Waals surface area contributed by atoms with Crippen molar-refractivity contribution in [3.8, 4) is 0 Å². The van der Waals surface area contributed by atoms with Crippen molar-refractivity contribution < 1.29 is 13.2 Å². The number of nitrogens with two attached hydrogens (primary N) is 1. The van der Waals surface area contributed by atoms with Crippen LogP contribution in [-0.2, 0) is 21.1 Å². The molecule has 0 atom stereocenters. The number of primary amides is 1. The van der Waals surface area contributed by atoms with E-state index in [0.717, 1.165) is 5.56 Å². The SMILES string of the molecule is CCNC(=NCC(C)(C)C(N)=O)NCCc1ccc(S(C)(=O)=O)cc1.I. The minimum absolute atomic E-state index is 0. The number of sulfone groups is 1. The first-order chi connectivity index (χ1) is 11.6. The minimum Gasteiger partial charge on any atom is -0.369 e. The third-order valence-corrected chi connectivity index (χ3v) is 4.83. The molecule has 0 aliphatic rings. The second-order valence-electron chi connectivity index (χ2n) is 6.54. The number of aliphatic imine (C=N–C) groups is 1. The predicted molar refractivity (Wildman–Crippen MR) is 116 cm³/mol. The quantitative estimate of drug-likeness (QED) is 0.286. The van der Waals surface area contributed by atoms with Gasteiger partial charge in [0.15, 0.2) is 15.8 Å². The Morgan fingerprint density at radius 2 is 1.77 bits per heavy atom. The molecule has 1 rings (SSSR count). The number of hydrogen-bond donors (Lipinski definition) is 3. The molecule has 0 radical (unpaired) electrons. The van der Waals surface area contributed by atoms with Crippen molar-refractivity contribution in [2.75, 3.05) is 25.9 Å². The molecule has 1 amide bonds. The van der Waals surface area contributed by atoms with Gasteiger partial charge in [-0.3, -0.25) is 9.79 Å². The van der Waals surface area contributed by atoms with Crippen molar-refractivity contribution in [3.63, 3.8) is 0 Å². The van der Waals surface area contributed by atoms with Crippen LogP contribution >= 0.6 is 24.0 Å². The zero-order valence-corrected chi connectivity index (χ0v) is 18.9.